The molecule has 0 aliphatic heterocycles. The molecular weight excluding hydrogens is 221 g/mol. The van der Waals surface area contributed by atoms with Crippen molar-refractivity contribution in [1.82, 2.24) is 0 Å². The first-order valence-corrected chi connectivity index (χ1v) is 4.24. The largest absolute Gasteiger partial charge is 0.480 e. The fraction of sp³-hybridized carbons (Fsp3) is 0.300. The third-order valence-electron chi connectivity index (χ3n) is 2.00. The van der Waals surface area contributed by atoms with Gasteiger partial charge in [0.05, 0.1) is 0 Å². The highest BCUT2D eigenvalue weighted by Gasteiger charge is 2.12. The Morgan fingerprint density at radius 3 is 2.67 bits per heavy atom. The van der Waals surface area contributed by atoms with Gasteiger partial charge in [0.25, 0.3) is 0 Å². The summed E-state index contributed by atoms with van der Waals surface area (Å²) < 4.78 is 12.8. The Hall–Kier alpha value is -1.13. The van der Waals surface area contributed by atoms with Gasteiger partial charge < -0.3 is 10.8 Å². The normalized spacial score (nSPS) is 11.7. The summed E-state index contributed by atoms with van der Waals surface area (Å²) in [4.78, 5) is 10.5. The van der Waals surface area contributed by atoms with Crippen molar-refractivity contribution < 1.29 is 14.3 Å². The van der Waals surface area contributed by atoms with Crippen LogP contribution in [0, 0.1) is 12.7 Å². The van der Waals surface area contributed by atoms with Crippen LogP contribution in [-0.4, -0.2) is 17.1 Å². The first-order valence-electron chi connectivity index (χ1n) is 4.24. The first-order chi connectivity index (χ1) is 6.50. The second-order valence-electron chi connectivity index (χ2n) is 3.23. The minimum Gasteiger partial charge on any atom is -0.480 e. The van der Waals surface area contributed by atoms with Crippen LogP contribution in [0.3, 0.4) is 0 Å². The minimum atomic E-state index is -1.05. The number of rotatable bonds is 3. The maximum atomic E-state index is 12.8. The summed E-state index contributed by atoms with van der Waals surface area (Å²) in [5, 5.41) is 8.57. The van der Waals surface area contributed by atoms with Gasteiger partial charge in [0.2, 0.25) is 0 Å². The van der Waals surface area contributed by atoms with Crippen molar-refractivity contribution in [2.45, 2.75) is 19.4 Å². The molecule has 0 radical (unpaired) electrons. The van der Waals surface area contributed by atoms with Crippen LogP contribution in [0.5, 0.6) is 0 Å². The number of halogens is 2. The molecule has 3 N–H and O–H groups in total. The first kappa shape index (κ1) is 13.9. The lowest BCUT2D eigenvalue weighted by Gasteiger charge is -2.07. The SMILES string of the molecule is Cc1cc(C[C@H](N)C(=O)O)ccc1F.Cl. The van der Waals surface area contributed by atoms with E-state index in [4.69, 9.17) is 10.8 Å². The molecule has 0 aliphatic rings. The Bertz CT molecular complexity index is 357. The zero-order valence-corrected chi connectivity index (χ0v) is 9.05. The van der Waals surface area contributed by atoms with E-state index in [0.29, 0.717) is 5.56 Å². The van der Waals surface area contributed by atoms with Crippen molar-refractivity contribution in [3.63, 3.8) is 0 Å². The number of carboxylic acid groups (broad SMARTS) is 1. The maximum absolute atomic E-state index is 12.8. The van der Waals surface area contributed by atoms with Gasteiger partial charge in [0.15, 0.2) is 0 Å². The fourth-order valence-electron chi connectivity index (χ4n) is 1.18. The molecule has 1 rings (SSSR count). The number of nitrogens with two attached hydrogens (primary N) is 1. The molecule has 3 nitrogen and oxygen atoms in total. The average Bonchev–Trinajstić information content (AvgIpc) is 2.11. The average molecular weight is 234 g/mol. The van der Waals surface area contributed by atoms with E-state index in [9.17, 15) is 9.18 Å². The molecule has 5 heteroatoms. The lowest BCUT2D eigenvalue weighted by atomic mass is 10.0. The zero-order chi connectivity index (χ0) is 10.7. The summed E-state index contributed by atoms with van der Waals surface area (Å²) >= 11 is 0. The highest BCUT2D eigenvalue weighted by Crippen LogP contribution is 2.10. The molecule has 1 aromatic carbocycles. The van der Waals surface area contributed by atoms with Gasteiger partial charge in [-0.25, -0.2) is 4.39 Å². The van der Waals surface area contributed by atoms with Gasteiger partial charge in [0.1, 0.15) is 11.9 Å². The molecule has 0 heterocycles. The number of carboxylic acids is 1. The number of benzene rings is 1. The van der Waals surface area contributed by atoms with E-state index < -0.39 is 12.0 Å². The topological polar surface area (TPSA) is 63.3 Å². The van der Waals surface area contributed by atoms with E-state index in [1.54, 1.807) is 19.1 Å². The second-order valence-corrected chi connectivity index (χ2v) is 3.23. The van der Waals surface area contributed by atoms with Gasteiger partial charge in [-0.3, -0.25) is 4.79 Å². The van der Waals surface area contributed by atoms with Crippen LogP contribution in [0.25, 0.3) is 0 Å². The number of aliphatic carboxylic acids is 1. The molecule has 0 amide bonds. The van der Waals surface area contributed by atoms with Gasteiger partial charge >= 0.3 is 5.97 Å². The van der Waals surface area contributed by atoms with Crippen LogP contribution in [0.15, 0.2) is 18.2 Å². The summed E-state index contributed by atoms with van der Waals surface area (Å²) in [6, 6.07) is 3.54. The lowest BCUT2D eigenvalue weighted by molar-refractivity contribution is -0.138. The number of carbonyl (C=O) groups is 1. The van der Waals surface area contributed by atoms with Crippen LogP contribution in [-0.2, 0) is 11.2 Å². The Balaban J connectivity index is 0.00000196. The van der Waals surface area contributed by atoms with E-state index in [1.807, 2.05) is 0 Å². The molecule has 0 bridgehead atoms. The third kappa shape index (κ3) is 3.85. The molecule has 0 fully saturated rings. The molecule has 1 atom stereocenters. The monoisotopic (exact) mass is 233 g/mol. The Kier molecular flexibility index (Phi) is 5.25. The van der Waals surface area contributed by atoms with Crippen molar-refractivity contribution in [1.29, 1.82) is 0 Å². The van der Waals surface area contributed by atoms with Crippen LogP contribution in [0.2, 0.25) is 0 Å². The van der Waals surface area contributed by atoms with Crippen molar-refractivity contribution in [3.8, 4) is 0 Å². The van der Waals surface area contributed by atoms with Gasteiger partial charge in [-0.15, -0.1) is 12.4 Å². The Morgan fingerprint density at radius 2 is 2.20 bits per heavy atom. The summed E-state index contributed by atoms with van der Waals surface area (Å²) in [7, 11) is 0. The highest BCUT2D eigenvalue weighted by atomic mass is 35.5. The fourth-order valence-corrected chi connectivity index (χ4v) is 1.18. The van der Waals surface area contributed by atoms with E-state index in [1.165, 1.54) is 6.07 Å². The van der Waals surface area contributed by atoms with E-state index in [-0.39, 0.29) is 24.6 Å². The minimum absolute atomic E-state index is 0. The molecule has 0 spiro atoms. The quantitative estimate of drug-likeness (QED) is 0.832. The smallest absolute Gasteiger partial charge is 0.320 e. The van der Waals surface area contributed by atoms with E-state index >= 15 is 0 Å². The van der Waals surface area contributed by atoms with Crippen molar-refractivity contribution in [3.05, 3.63) is 35.1 Å². The predicted molar refractivity (Wildman–Crippen MR) is 57.7 cm³/mol. The zero-order valence-electron chi connectivity index (χ0n) is 8.24. The summed E-state index contributed by atoms with van der Waals surface area (Å²) in [6.45, 7) is 1.63. The van der Waals surface area contributed by atoms with E-state index in [2.05, 4.69) is 0 Å². The van der Waals surface area contributed by atoms with Gasteiger partial charge in [-0.2, -0.15) is 0 Å². The summed E-state index contributed by atoms with van der Waals surface area (Å²) in [5.41, 5.74) is 6.58. The van der Waals surface area contributed by atoms with Gasteiger partial charge in [0, 0.05) is 0 Å². The van der Waals surface area contributed by atoms with Crippen LogP contribution < -0.4 is 5.73 Å². The number of aryl methyl sites for hydroxylation is 1. The van der Waals surface area contributed by atoms with Gasteiger partial charge in [-0.1, -0.05) is 12.1 Å². The summed E-state index contributed by atoms with van der Waals surface area (Å²) in [5.74, 6) is -1.34. The molecule has 0 saturated carbocycles. The molecular formula is C10H13ClFNO2. The molecule has 1 aromatic rings. The molecule has 84 valence electrons. The molecule has 0 unspecified atom stereocenters. The molecule has 0 aromatic heterocycles. The summed E-state index contributed by atoms with van der Waals surface area (Å²) in [6.07, 6.45) is 0.219. The van der Waals surface area contributed by atoms with Crippen molar-refractivity contribution in [2.24, 2.45) is 5.73 Å². The predicted octanol–water partition coefficient (Wildman–Crippen LogP) is 1.51. The molecule has 15 heavy (non-hydrogen) atoms. The molecule has 0 aliphatic carbocycles. The number of hydrogen-bond donors (Lipinski definition) is 2. The molecule has 0 saturated heterocycles. The Labute approximate surface area is 93.5 Å². The van der Waals surface area contributed by atoms with E-state index in [0.717, 1.165) is 5.56 Å². The van der Waals surface area contributed by atoms with Crippen LogP contribution in [0.4, 0.5) is 4.39 Å². The lowest BCUT2D eigenvalue weighted by Crippen LogP contribution is -2.32. The highest BCUT2D eigenvalue weighted by molar-refractivity contribution is 5.85. The maximum Gasteiger partial charge on any atom is 0.320 e. The third-order valence-corrected chi connectivity index (χ3v) is 2.00. The van der Waals surface area contributed by atoms with Crippen LogP contribution >= 0.6 is 12.4 Å². The van der Waals surface area contributed by atoms with Crippen molar-refractivity contribution >= 4 is 18.4 Å². The Morgan fingerprint density at radius 1 is 1.60 bits per heavy atom. The van der Waals surface area contributed by atoms with Crippen LogP contribution in [0.1, 0.15) is 11.1 Å². The van der Waals surface area contributed by atoms with Crippen molar-refractivity contribution in [2.75, 3.05) is 0 Å². The standard InChI is InChI=1S/C10H12FNO2.ClH/c1-6-4-7(2-3-8(6)11)5-9(12)10(13)14;/h2-4,9H,5,12H2,1H3,(H,13,14);1H/t9-;/m0./s1. The second kappa shape index (κ2) is 5.68. The van der Waals surface area contributed by atoms with Gasteiger partial charge in [-0.05, 0) is 30.5 Å². The number of hydrogen-bond acceptors (Lipinski definition) is 2.